The Hall–Kier alpha value is -0.510. The molecular formula is C7H10O3S. The molecule has 1 saturated heterocycles. The smallest absolute Gasteiger partial charge is 0.307 e. The fraction of sp³-hybridized carbons (Fsp3) is 0.714. The summed E-state index contributed by atoms with van der Waals surface area (Å²) in [7, 11) is 1.34. The molecule has 62 valence electrons. The maximum absolute atomic E-state index is 11.0. The average Bonchev–Trinajstić information content (AvgIpc) is 2.37. The zero-order valence-corrected chi connectivity index (χ0v) is 7.15. The normalized spacial score (nSPS) is 23.7. The van der Waals surface area contributed by atoms with Crippen molar-refractivity contribution < 1.29 is 14.3 Å². The van der Waals surface area contributed by atoms with Crippen LogP contribution in [0.4, 0.5) is 0 Å². The van der Waals surface area contributed by atoms with Crippen LogP contribution in [-0.4, -0.2) is 29.9 Å². The topological polar surface area (TPSA) is 43.4 Å². The Morgan fingerprint density at radius 1 is 1.82 bits per heavy atom. The molecule has 0 aromatic heterocycles. The van der Waals surface area contributed by atoms with Crippen LogP contribution in [0.25, 0.3) is 0 Å². The fourth-order valence-corrected chi connectivity index (χ4v) is 2.12. The monoisotopic (exact) mass is 174 g/mol. The third kappa shape index (κ3) is 2.22. The minimum atomic E-state index is -0.294. The molecule has 1 aliphatic heterocycles. The van der Waals surface area contributed by atoms with Gasteiger partial charge in [-0.3, -0.25) is 9.59 Å². The highest BCUT2D eigenvalue weighted by Gasteiger charge is 2.27. The lowest BCUT2D eigenvalue weighted by Gasteiger charge is -2.03. The molecule has 1 aliphatic rings. The number of carbonyl (C=O) groups is 2. The van der Waals surface area contributed by atoms with Crippen LogP contribution in [0.1, 0.15) is 12.8 Å². The summed E-state index contributed by atoms with van der Waals surface area (Å²) in [5.41, 5.74) is 0. The van der Waals surface area contributed by atoms with Gasteiger partial charge in [-0.15, -0.1) is 11.8 Å². The van der Waals surface area contributed by atoms with Crippen molar-refractivity contribution >= 4 is 23.5 Å². The predicted octanol–water partition coefficient (Wildman–Crippen LogP) is 0.624. The van der Waals surface area contributed by atoms with E-state index in [2.05, 4.69) is 4.74 Å². The standard InChI is InChI=1S/C7H10O3S/c1-10-7(9)4-6-5(8)2-3-11-6/h6H,2-4H2,1H3. The van der Waals surface area contributed by atoms with Crippen LogP contribution in [0, 0.1) is 0 Å². The van der Waals surface area contributed by atoms with E-state index in [1.54, 1.807) is 11.8 Å². The van der Waals surface area contributed by atoms with Crippen molar-refractivity contribution in [3.8, 4) is 0 Å². The first-order chi connectivity index (χ1) is 5.24. The number of Topliss-reactive ketones (excluding diaryl/α,β-unsaturated/α-hetero) is 1. The molecule has 11 heavy (non-hydrogen) atoms. The number of thioether (sulfide) groups is 1. The van der Waals surface area contributed by atoms with Crippen LogP contribution >= 0.6 is 11.8 Å². The number of hydrogen-bond acceptors (Lipinski definition) is 4. The minimum absolute atomic E-state index is 0.137. The molecule has 1 unspecified atom stereocenters. The molecule has 0 spiro atoms. The van der Waals surface area contributed by atoms with E-state index in [0.717, 1.165) is 5.75 Å². The van der Waals surface area contributed by atoms with Gasteiger partial charge in [0.25, 0.3) is 0 Å². The van der Waals surface area contributed by atoms with Crippen LogP contribution in [0.3, 0.4) is 0 Å². The Kier molecular flexibility index (Phi) is 2.93. The maximum atomic E-state index is 11.0. The molecule has 0 aromatic carbocycles. The van der Waals surface area contributed by atoms with Gasteiger partial charge in [-0.25, -0.2) is 0 Å². The maximum Gasteiger partial charge on any atom is 0.307 e. The van der Waals surface area contributed by atoms with Crippen LogP contribution < -0.4 is 0 Å². The predicted molar refractivity (Wildman–Crippen MR) is 42.5 cm³/mol. The van der Waals surface area contributed by atoms with Crippen LogP contribution in [0.2, 0.25) is 0 Å². The van der Waals surface area contributed by atoms with Gasteiger partial charge in [0.15, 0.2) is 0 Å². The second kappa shape index (κ2) is 3.76. The summed E-state index contributed by atoms with van der Waals surface area (Å²) in [5.74, 6) is 0.735. The number of ketones is 1. The summed E-state index contributed by atoms with van der Waals surface area (Å²) in [4.78, 5) is 21.7. The molecule has 1 atom stereocenters. The third-order valence-corrected chi connectivity index (χ3v) is 2.88. The Morgan fingerprint density at radius 3 is 3.00 bits per heavy atom. The van der Waals surface area contributed by atoms with E-state index in [4.69, 9.17) is 0 Å². The lowest BCUT2D eigenvalue weighted by Crippen LogP contribution is -2.16. The van der Waals surface area contributed by atoms with E-state index in [-0.39, 0.29) is 23.4 Å². The molecule has 0 aromatic rings. The Morgan fingerprint density at radius 2 is 2.55 bits per heavy atom. The largest absolute Gasteiger partial charge is 0.469 e. The molecule has 1 heterocycles. The SMILES string of the molecule is COC(=O)CC1SCCC1=O. The van der Waals surface area contributed by atoms with Gasteiger partial charge >= 0.3 is 5.97 Å². The Labute approximate surface area is 69.5 Å². The van der Waals surface area contributed by atoms with Crippen molar-refractivity contribution in [3.05, 3.63) is 0 Å². The van der Waals surface area contributed by atoms with Gasteiger partial charge in [0, 0.05) is 12.2 Å². The highest BCUT2D eigenvalue weighted by molar-refractivity contribution is 8.01. The third-order valence-electron chi connectivity index (χ3n) is 1.61. The zero-order valence-electron chi connectivity index (χ0n) is 6.33. The van der Waals surface area contributed by atoms with E-state index < -0.39 is 0 Å². The Bertz CT molecular complexity index is 179. The van der Waals surface area contributed by atoms with E-state index in [1.807, 2.05) is 0 Å². The molecular weight excluding hydrogens is 164 g/mol. The van der Waals surface area contributed by atoms with Crippen molar-refractivity contribution in [3.63, 3.8) is 0 Å². The first-order valence-corrected chi connectivity index (χ1v) is 4.50. The molecule has 0 radical (unpaired) electrons. The van der Waals surface area contributed by atoms with E-state index in [0.29, 0.717) is 6.42 Å². The number of methoxy groups -OCH3 is 1. The second-order valence-electron chi connectivity index (χ2n) is 2.36. The number of hydrogen-bond donors (Lipinski definition) is 0. The number of esters is 1. The average molecular weight is 174 g/mol. The van der Waals surface area contributed by atoms with Crippen LogP contribution in [0.5, 0.6) is 0 Å². The van der Waals surface area contributed by atoms with Gasteiger partial charge in [0.1, 0.15) is 5.78 Å². The lowest BCUT2D eigenvalue weighted by molar-refractivity contribution is -0.141. The molecule has 0 aliphatic carbocycles. The lowest BCUT2D eigenvalue weighted by atomic mass is 10.2. The molecule has 1 fully saturated rings. The quantitative estimate of drug-likeness (QED) is 0.576. The Balaban J connectivity index is 2.36. The van der Waals surface area contributed by atoms with Crippen molar-refractivity contribution in [2.45, 2.75) is 18.1 Å². The summed E-state index contributed by atoms with van der Waals surface area (Å²) >= 11 is 1.54. The minimum Gasteiger partial charge on any atom is -0.469 e. The van der Waals surface area contributed by atoms with E-state index >= 15 is 0 Å². The van der Waals surface area contributed by atoms with Gasteiger partial charge < -0.3 is 4.74 Å². The van der Waals surface area contributed by atoms with Crippen LogP contribution in [0.15, 0.2) is 0 Å². The summed E-state index contributed by atoms with van der Waals surface area (Å²) in [6.07, 6.45) is 0.840. The van der Waals surface area contributed by atoms with Gasteiger partial charge in [0.2, 0.25) is 0 Å². The molecule has 0 N–H and O–H groups in total. The van der Waals surface area contributed by atoms with Gasteiger partial charge in [0.05, 0.1) is 18.8 Å². The van der Waals surface area contributed by atoms with Crippen molar-refractivity contribution in [2.24, 2.45) is 0 Å². The molecule has 1 rings (SSSR count). The number of carbonyl (C=O) groups excluding carboxylic acids is 2. The summed E-state index contributed by atoms with van der Waals surface area (Å²) in [6.45, 7) is 0. The summed E-state index contributed by atoms with van der Waals surface area (Å²) in [5, 5.41) is -0.137. The van der Waals surface area contributed by atoms with Gasteiger partial charge in [-0.2, -0.15) is 0 Å². The first-order valence-electron chi connectivity index (χ1n) is 3.45. The molecule has 3 nitrogen and oxygen atoms in total. The van der Waals surface area contributed by atoms with Crippen LogP contribution in [-0.2, 0) is 14.3 Å². The second-order valence-corrected chi connectivity index (χ2v) is 3.67. The van der Waals surface area contributed by atoms with Crippen molar-refractivity contribution in [2.75, 3.05) is 12.9 Å². The van der Waals surface area contributed by atoms with E-state index in [1.165, 1.54) is 7.11 Å². The molecule has 0 bridgehead atoms. The zero-order chi connectivity index (χ0) is 8.27. The van der Waals surface area contributed by atoms with Gasteiger partial charge in [-0.05, 0) is 0 Å². The van der Waals surface area contributed by atoms with Crippen molar-refractivity contribution in [1.29, 1.82) is 0 Å². The molecule has 0 saturated carbocycles. The summed E-state index contributed by atoms with van der Waals surface area (Å²) < 4.78 is 4.46. The van der Waals surface area contributed by atoms with Crippen molar-refractivity contribution in [1.82, 2.24) is 0 Å². The molecule has 0 amide bonds. The number of rotatable bonds is 2. The first kappa shape index (κ1) is 8.59. The van der Waals surface area contributed by atoms with Gasteiger partial charge in [-0.1, -0.05) is 0 Å². The highest BCUT2D eigenvalue weighted by Crippen LogP contribution is 2.25. The molecule has 4 heteroatoms. The highest BCUT2D eigenvalue weighted by atomic mass is 32.2. The summed E-state index contributed by atoms with van der Waals surface area (Å²) in [6, 6.07) is 0. The van der Waals surface area contributed by atoms with E-state index in [9.17, 15) is 9.59 Å². The number of ether oxygens (including phenoxy) is 1. The fourth-order valence-electron chi connectivity index (χ4n) is 0.963.